The first-order chi connectivity index (χ1) is 6.85. The zero-order chi connectivity index (χ0) is 9.97. The molecule has 0 aliphatic heterocycles. The van der Waals surface area contributed by atoms with Crippen LogP contribution in [0, 0.1) is 12.3 Å². The van der Waals surface area contributed by atoms with Gasteiger partial charge in [-0.3, -0.25) is 9.89 Å². The second-order valence-electron chi connectivity index (χ2n) is 2.74. The Morgan fingerprint density at radius 1 is 1.57 bits per heavy atom. The number of nitrogens with zero attached hydrogens (tertiary/aromatic N) is 1. The van der Waals surface area contributed by atoms with Crippen LogP contribution in [0.15, 0.2) is 18.2 Å². The van der Waals surface area contributed by atoms with Crippen LogP contribution in [0.1, 0.15) is 5.56 Å². The first-order valence-electron chi connectivity index (χ1n) is 4.00. The van der Waals surface area contributed by atoms with Crippen LogP contribution in [0.2, 0.25) is 0 Å². The maximum Gasteiger partial charge on any atom is 0.212 e. The number of terminal acetylenes is 1. The van der Waals surface area contributed by atoms with Crippen molar-refractivity contribution >= 4 is 23.1 Å². The molecular formula is C10H7N3O. The van der Waals surface area contributed by atoms with Crippen molar-refractivity contribution in [2.75, 3.05) is 5.32 Å². The average Bonchev–Trinajstić information content (AvgIpc) is 2.61. The number of hydrogen-bond donors (Lipinski definition) is 2. The molecule has 0 fully saturated rings. The van der Waals surface area contributed by atoms with Crippen LogP contribution in [0.3, 0.4) is 0 Å². The largest absolute Gasteiger partial charge is 0.311 e. The Morgan fingerprint density at radius 3 is 3.14 bits per heavy atom. The predicted molar refractivity (Wildman–Crippen MR) is 53.7 cm³/mol. The van der Waals surface area contributed by atoms with E-state index < -0.39 is 0 Å². The first-order valence-corrected chi connectivity index (χ1v) is 4.00. The van der Waals surface area contributed by atoms with E-state index in [1.807, 2.05) is 12.1 Å². The minimum atomic E-state index is 0.493. The normalized spacial score (nSPS) is 9.64. The molecule has 2 aromatic rings. The summed E-state index contributed by atoms with van der Waals surface area (Å²) < 4.78 is 0. The molecular weight excluding hydrogens is 178 g/mol. The van der Waals surface area contributed by atoms with E-state index in [2.05, 4.69) is 21.4 Å². The average molecular weight is 185 g/mol. The lowest BCUT2D eigenvalue weighted by Gasteiger charge is -1.94. The highest BCUT2D eigenvalue weighted by molar-refractivity contribution is 5.94. The van der Waals surface area contributed by atoms with E-state index in [4.69, 9.17) is 6.42 Å². The molecule has 1 aromatic heterocycles. The fraction of sp³-hybridized carbons (Fsp3) is 0. The van der Waals surface area contributed by atoms with Crippen molar-refractivity contribution in [1.82, 2.24) is 10.2 Å². The summed E-state index contributed by atoms with van der Waals surface area (Å²) in [6.45, 7) is 0. The summed E-state index contributed by atoms with van der Waals surface area (Å²) in [4.78, 5) is 10.3. The number of anilines is 1. The molecule has 0 radical (unpaired) electrons. The zero-order valence-corrected chi connectivity index (χ0v) is 7.24. The topological polar surface area (TPSA) is 57.8 Å². The van der Waals surface area contributed by atoms with Crippen molar-refractivity contribution in [3.05, 3.63) is 23.8 Å². The Kier molecular flexibility index (Phi) is 1.92. The maximum atomic E-state index is 10.3. The molecule has 1 heterocycles. The number of aromatic nitrogens is 2. The molecule has 1 amide bonds. The SMILES string of the molecule is C#Cc1ccc2[nH]nc(NC=O)c2c1. The number of benzene rings is 1. The van der Waals surface area contributed by atoms with Gasteiger partial charge in [0.1, 0.15) is 0 Å². The maximum absolute atomic E-state index is 10.3. The Balaban J connectivity index is 2.64. The Labute approximate surface area is 80.3 Å². The minimum Gasteiger partial charge on any atom is -0.311 e. The molecule has 2 rings (SSSR count). The van der Waals surface area contributed by atoms with Crippen LogP contribution in [-0.2, 0) is 4.79 Å². The van der Waals surface area contributed by atoms with Crippen LogP contribution in [-0.4, -0.2) is 16.6 Å². The molecule has 14 heavy (non-hydrogen) atoms. The third kappa shape index (κ3) is 1.21. The lowest BCUT2D eigenvalue weighted by molar-refractivity contribution is -0.105. The number of aromatic amines is 1. The third-order valence-corrected chi connectivity index (χ3v) is 1.93. The number of amides is 1. The van der Waals surface area contributed by atoms with Crippen LogP contribution in [0.5, 0.6) is 0 Å². The summed E-state index contributed by atoms with van der Waals surface area (Å²) in [7, 11) is 0. The Bertz CT molecular complexity index is 522. The predicted octanol–water partition coefficient (Wildman–Crippen LogP) is 1.11. The van der Waals surface area contributed by atoms with Crippen molar-refractivity contribution < 1.29 is 4.79 Å². The lowest BCUT2D eigenvalue weighted by atomic mass is 10.1. The molecule has 0 saturated heterocycles. The van der Waals surface area contributed by atoms with Crippen molar-refractivity contribution in [2.45, 2.75) is 0 Å². The summed E-state index contributed by atoms with van der Waals surface area (Å²) in [5, 5.41) is 10.0. The van der Waals surface area contributed by atoms with Gasteiger partial charge in [-0.2, -0.15) is 5.10 Å². The third-order valence-electron chi connectivity index (χ3n) is 1.93. The van der Waals surface area contributed by atoms with Gasteiger partial charge in [-0.1, -0.05) is 5.92 Å². The molecule has 0 aliphatic rings. The fourth-order valence-corrected chi connectivity index (χ4v) is 1.27. The summed E-state index contributed by atoms with van der Waals surface area (Å²) >= 11 is 0. The van der Waals surface area contributed by atoms with E-state index in [0.717, 1.165) is 16.5 Å². The number of carbonyl (C=O) groups excluding carboxylic acids is 1. The smallest absolute Gasteiger partial charge is 0.212 e. The highest BCUT2D eigenvalue weighted by Gasteiger charge is 2.04. The molecule has 4 heteroatoms. The molecule has 0 spiro atoms. The molecule has 0 aliphatic carbocycles. The number of hydrogen-bond acceptors (Lipinski definition) is 2. The standard InChI is InChI=1S/C10H7N3O/c1-2-7-3-4-9-8(5-7)10(11-6-14)13-12-9/h1,3-6H,(H2,11,12,13,14). The number of fused-ring (bicyclic) bond motifs is 1. The lowest BCUT2D eigenvalue weighted by Crippen LogP contribution is -1.93. The molecule has 0 unspecified atom stereocenters. The van der Waals surface area contributed by atoms with E-state index in [-0.39, 0.29) is 0 Å². The summed E-state index contributed by atoms with van der Waals surface area (Å²) in [5.41, 5.74) is 1.60. The van der Waals surface area contributed by atoms with Gasteiger partial charge >= 0.3 is 0 Å². The van der Waals surface area contributed by atoms with Crippen LogP contribution < -0.4 is 5.32 Å². The number of carbonyl (C=O) groups is 1. The minimum absolute atomic E-state index is 0.493. The number of rotatable bonds is 2. The van der Waals surface area contributed by atoms with Crippen LogP contribution in [0.4, 0.5) is 5.82 Å². The summed E-state index contributed by atoms with van der Waals surface area (Å²) in [6, 6.07) is 5.43. The molecule has 68 valence electrons. The molecule has 0 saturated carbocycles. The number of H-pyrrole nitrogens is 1. The van der Waals surface area contributed by atoms with Gasteiger partial charge in [-0.05, 0) is 18.2 Å². The van der Waals surface area contributed by atoms with Crippen LogP contribution >= 0.6 is 0 Å². The van der Waals surface area contributed by atoms with Gasteiger partial charge in [-0.25, -0.2) is 0 Å². The Morgan fingerprint density at radius 2 is 2.43 bits per heavy atom. The van der Waals surface area contributed by atoms with Gasteiger partial charge in [0.2, 0.25) is 6.41 Å². The van der Waals surface area contributed by atoms with Gasteiger partial charge in [-0.15, -0.1) is 6.42 Å². The fourth-order valence-electron chi connectivity index (χ4n) is 1.27. The molecule has 1 aromatic carbocycles. The molecule has 0 bridgehead atoms. The quantitative estimate of drug-likeness (QED) is 0.544. The van der Waals surface area contributed by atoms with Gasteiger partial charge < -0.3 is 5.32 Å². The van der Waals surface area contributed by atoms with E-state index >= 15 is 0 Å². The first kappa shape index (κ1) is 8.32. The van der Waals surface area contributed by atoms with E-state index in [0.29, 0.717) is 12.2 Å². The van der Waals surface area contributed by atoms with E-state index in [9.17, 15) is 4.79 Å². The van der Waals surface area contributed by atoms with Crippen molar-refractivity contribution in [3.8, 4) is 12.3 Å². The van der Waals surface area contributed by atoms with Crippen molar-refractivity contribution in [1.29, 1.82) is 0 Å². The van der Waals surface area contributed by atoms with Crippen molar-refractivity contribution in [2.24, 2.45) is 0 Å². The van der Waals surface area contributed by atoms with Gasteiger partial charge in [0.15, 0.2) is 5.82 Å². The van der Waals surface area contributed by atoms with Gasteiger partial charge in [0, 0.05) is 10.9 Å². The monoisotopic (exact) mass is 185 g/mol. The number of nitrogens with one attached hydrogen (secondary N) is 2. The molecule has 2 N–H and O–H groups in total. The van der Waals surface area contributed by atoms with Crippen molar-refractivity contribution in [3.63, 3.8) is 0 Å². The molecule has 0 atom stereocenters. The second-order valence-corrected chi connectivity index (χ2v) is 2.74. The highest BCUT2D eigenvalue weighted by atomic mass is 16.1. The molecule has 4 nitrogen and oxygen atoms in total. The summed E-state index contributed by atoms with van der Waals surface area (Å²) in [5.74, 6) is 3.01. The van der Waals surface area contributed by atoms with Gasteiger partial charge in [0.25, 0.3) is 0 Å². The van der Waals surface area contributed by atoms with E-state index in [1.54, 1.807) is 6.07 Å². The van der Waals surface area contributed by atoms with E-state index in [1.165, 1.54) is 0 Å². The second kappa shape index (κ2) is 3.23. The van der Waals surface area contributed by atoms with Crippen LogP contribution in [0.25, 0.3) is 10.9 Å². The zero-order valence-electron chi connectivity index (χ0n) is 7.24. The summed E-state index contributed by atoms with van der Waals surface area (Å²) in [6.07, 6.45) is 5.84. The highest BCUT2D eigenvalue weighted by Crippen LogP contribution is 2.20. The Hall–Kier alpha value is -2.28. The van der Waals surface area contributed by atoms with Gasteiger partial charge in [0.05, 0.1) is 5.52 Å².